The summed E-state index contributed by atoms with van der Waals surface area (Å²) in [4.78, 5) is 30.0. The molecule has 10 nitrogen and oxygen atoms in total. The van der Waals surface area contributed by atoms with Gasteiger partial charge in [-0.15, -0.1) is 0 Å². The van der Waals surface area contributed by atoms with Crippen molar-refractivity contribution >= 4 is 39.2 Å². The highest BCUT2D eigenvalue weighted by Gasteiger charge is 2.25. The second kappa shape index (κ2) is 9.11. The van der Waals surface area contributed by atoms with Gasteiger partial charge in [0.05, 0.1) is 18.0 Å². The lowest BCUT2D eigenvalue weighted by Gasteiger charge is -2.11. The van der Waals surface area contributed by atoms with Gasteiger partial charge in [-0.2, -0.15) is 5.10 Å². The van der Waals surface area contributed by atoms with E-state index in [1.54, 1.807) is 16.2 Å². The smallest absolute Gasteiger partial charge is 0.332 e. The predicted molar refractivity (Wildman–Crippen MR) is 145 cm³/mol. The molecule has 0 atom stereocenters. The van der Waals surface area contributed by atoms with Crippen LogP contribution in [0.4, 0.5) is 0 Å². The monoisotopic (exact) mass is 521 g/mol. The minimum absolute atomic E-state index is 0.160. The maximum atomic E-state index is 13.6. The van der Waals surface area contributed by atoms with Crippen LogP contribution in [-0.4, -0.2) is 39.4 Å². The van der Waals surface area contributed by atoms with Crippen molar-refractivity contribution in [1.29, 1.82) is 0 Å². The van der Waals surface area contributed by atoms with Gasteiger partial charge in [-0.25, -0.2) is 4.79 Å². The van der Waals surface area contributed by atoms with Gasteiger partial charge >= 0.3 is 5.69 Å². The van der Waals surface area contributed by atoms with E-state index in [0.29, 0.717) is 51.8 Å². The molecule has 37 heavy (non-hydrogen) atoms. The minimum atomic E-state index is -0.418. The van der Waals surface area contributed by atoms with E-state index in [0.717, 1.165) is 21.0 Å². The van der Waals surface area contributed by atoms with E-state index in [-0.39, 0.29) is 5.92 Å². The van der Waals surface area contributed by atoms with Crippen LogP contribution in [0.15, 0.2) is 51.4 Å². The topological polar surface area (TPSA) is 115 Å². The van der Waals surface area contributed by atoms with Gasteiger partial charge in [0.1, 0.15) is 11.1 Å². The van der Waals surface area contributed by atoms with Crippen molar-refractivity contribution in [2.45, 2.75) is 33.9 Å². The molecule has 4 aromatic heterocycles. The van der Waals surface area contributed by atoms with E-state index in [4.69, 9.17) is 16.7 Å². The molecule has 0 saturated carbocycles. The van der Waals surface area contributed by atoms with E-state index in [1.165, 1.54) is 7.05 Å². The summed E-state index contributed by atoms with van der Waals surface area (Å²) >= 11 is 6.28. The molecule has 4 heterocycles. The van der Waals surface area contributed by atoms with Gasteiger partial charge < -0.3 is 14.8 Å². The van der Waals surface area contributed by atoms with Gasteiger partial charge in [-0.3, -0.25) is 18.6 Å². The summed E-state index contributed by atoms with van der Waals surface area (Å²) in [6.45, 7) is 6.46. The van der Waals surface area contributed by atoms with Crippen LogP contribution >= 0.6 is 11.6 Å². The van der Waals surface area contributed by atoms with Crippen LogP contribution in [0.25, 0.3) is 33.3 Å². The third kappa shape index (κ3) is 4.07. The zero-order valence-corrected chi connectivity index (χ0v) is 22.0. The SMILES string of the molecule is C/C(=N\O)c1cc(-c2c3c(=O)n(C)c(=O)n(CC(C)C)c3nn2Cc2c[nH]c3ccc(Cl)cc23)n(C)c1. The maximum absolute atomic E-state index is 13.6. The second-order valence-corrected chi connectivity index (χ2v) is 10.2. The molecule has 11 heteroatoms. The Hall–Kier alpha value is -4.05. The number of aromatic nitrogens is 6. The first-order valence-electron chi connectivity index (χ1n) is 11.9. The fourth-order valence-electron chi connectivity index (χ4n) is 4.76. The first-order valence-corrected chi connectivity index (χ1v) is 12.3. The zero-order chi connectivity index (χ0) is 26.6. The van der Waals surface area contributed by atoms with Gasteiger partial charge in [0, 0.05) is 54.5 Å². The molecular formula is C26H28ClN7O3. The molecule has 0 fully saturated rings. The number of H-pyrrole nitrogens is 1. The Morgan fingerprint density at radius 1 is 1.22 bits per heavy atom. The number of rotatable bonds is 6. The van der Waals surface area contributed by atoms with Crippen molar-refractivity contribution in [3.05, 3.63) is 73.6 Å². The summed E-state index contributed by atoms with van der Waals surface area (Å²) in [5.74, 6) is 0.160. The predicted octanol–water partition coefficient (Wildman–Crippen LogP) is 3.94. The normalized spacial score (nSPS) is 12.5. The minimum Gasteiger partial charge on any atom is -0.411 e. The lowest BCUT2D eigenvalue weighted by molar-refractivity contribution is 0.319. The van der Waals surface area contributed by atoms with E-state index < -0.39 is 11.2 Å². The first-order chi connectivity index (χ1) is 17.6. The number of aryl methyl sites for hydroxylation is 1. The largest absolute Gasteiger partial charge is 0.411 e. The second-order valence-electron chi connectivity index (χ2n) is 9.77. The molecule has 2 N–H and O–H groups in total. The Bertz CT molecular complexity index is 1810. The van der Waals surface area contributed by atoms with Crippen molar-refractivity contribution in [2.24, 2.45) is 25.2 Å². The quantitative estimate of drug-likeness (QED) is 0.200. The average molecular weight is 522 g/mol. The molecule has 0 aliphatic carbocycles. The molecular weight excluding hydrogens is 494 g/mol. The summed E-state index contributed by atoms with van der Waals surface area (Å²) < 4.78 is 6.32. The Morgan fingerprint density at radius 2 is 1.97 bits per heavy atom. The molecule has 0 aliphatic rings. The summed E-state index contributed by atoms with van der Waals surface area (Å²) in [5, 5.41) is 19.4. The molecule has 0 amide bonds. The van der Waals surface area contributed by atoms with Crippen LogP contribution in [0.5, 0.6) is 0 Å². The highest BCUT2D eigenvalue weighted by atomic mass is 35.5. The van der Waals surface area contributed by atoms with Gasteiger partial charge in [0.15, 0.2) is 5.65 Å². The van der Waals surface area contributed by atoms with E-state index in [2.05, 4.69) is 10.1 Å². The van der Waals surface area contributed by atoms with Gasteiger partial charge in [-0.1, -0.05) is 30.6 Å². The summed E-state index contributed by atoms with van der Waals surface area (Å²) in [7, 11) is 3.34. The molecule has 0 saturated heterocycles. The number of oxime groups is 1. The van der Waals surface area contributed by atoms with Gasteiger partial charge in [0.25, 0.3) is 5.56 Å². The van der Waals surface area contributed by atoms with Crippen molar-refractivity contribution < 1.29 is 5.21 Å². The number of halogens is 1. The summed E-state index contributed by atoms with van der Waals surface area (Å²) in [5.41, 5.74) is 3.79. The third-order valence-electron chi connectivity index (χ3n) is 6.64. The van der Waals surface area contributed by atoms with E-state index >= 15 is 0 Å². The Kier molecular flexibility index (Phi) is 6.07. The average Bonchev–Trinajstić information content (AvgIpc) is 3.55. The van der Waals surface area contributed by atoms with Crippen LogP contribution in [0.1, 0.15) is 31.9 Å². The molecule has 5 aromatic rings. The summed E-state index contributed by atoms with van der Waals surface area (Å²) in [6.07, 6.45) is 3.73. The van der Waals surface area contributed by atoms with Crippen LogP contribution in [0.2, 0.25) is 5.02 Å². The van der Waals surface area contributed by atoms with Crippen molar-refractivity contribution in [3.8, 4) is 11.4 Å². The lowest BCUT2D eigenvalue weighted by Crippen LogP contribution is -2.38. The molecule has 0 bridgehead atoms. The molecule has 0 unspecified atom stereocenters. The van der Waals surface area contributed by atoms with Crippen LogP contribution in [-0.2, 0) is 27.2 Å². The maximum Gasteiger partial charge on any atom is 0.332 e. The van der Waals surface area contributed by atoms with E-state index in [9.17, 15) is 14.8 Å². The highest BCUT2D eigenvalue weighted by molar-refractivity contribution is 6.31. The molecule has 0 spiro atoms. The fourth-order valence-corrected chi connectivity index (χ4v) is 4.94. The van der Waals surface area contributed by atoms with Gasteiger partial charge in [-0.05, 0) is 42.7 Å². The third-order valence-corrected chi connectivity index (χ3v) is 6.87. The molecule has 0 radical (unpaired) electrons. The standard InChI is InChI=1S/C26H28ClN7O3/c1-14(2)11-33-24-22(25(35)32(5)26(33)36)23(21-8-16(12-31(21)4)15(3)30-37)34(29-24)13-17-10-28-20-7-6-18(27)9-19(17)20/h6-10,12,14,28,37H,11,13H2,1-5H3/b30-15+. The summed E-state index contributed by atoms with van der Waals surface area (Å²) in [6, 6.07) is 7.48. The van der Waals surface area contributed by atoms with Crippen LogP contribution < -0.4 is 11.2 Å². The Labute approximate surface area is 217 Å². The van der Waals surface area contributed by atoms with Crippen molar-refractivity contribution in [3.63, 3.8) is 0 Å². The van der Waals surface area contributed by atoms with Crippen molar-refractivity contribution in [2.75, 3.05) is 0 Å². The number of benzene rings is 1. The number of hydrogen-bond donors (Lipinski definition) is 2. The molecule has 0 aliphatic heterocycles. The van der Waals surface area contributed by atoms with Crippen LogP contribution in [0, 0.1) is 5.92 Å². The van der Waals surface area contributed by atoms with Gasteiger partial charge in [0.2, 0.25) is 0 Å². The molecule has 192 valence electrons. The Balaban J connectivity index is 1.85. The fraction of sp³-hybridized carbons (Fsp3) is 0.308. The van der Waals surface area contributed by atoms with Crippen LogP contribution in [0.3, 0.4) is 0 Å². The lowest BCUT2D eigenvalue weighted by atomic mass is 10.1. The number of fused-ring (bicyclic) bond motifs is 2. The number of aromatic amines is 1. The number of nitrogens with one attached hydrogen (secondary N) is 1. The number of nitrogens with zero attached hydrogens (tertiary/aromatic N) is 6. The Morgan fingerprint density at radius 3 is 2.68 bits per heavy atom. The molecule has 5 rings (SSSR count). The first kappa shape index (κ1) is 24.6. The van der Waals surface area contributed by atoms with E-state index in [1.807, 2.05) is 62.1 Å². The molecule has 1 aromatic carbocycles. The number of hydrogen-bond acceptors (Lipinski definition) is 5. The zero-order valence-electron chi connectivity index (χ0n) is 21.3. The van der Waals surface area contributed by atoms with Crippen molar-refractivity contribution in [1.82, 2.24) is 28.5 Å². The highest BCUT2D eigenvalue weighted by Crippen LogP contribution is 2.30.